The van der Waals surface area contributed by atoms with Crippen molar-refractivity contribution in [1.29, 1.82) is 0 Å². The molecule has 1 aromatic heterocycles. The number of aromatic nitrogens is 1. The second-order valence-corrected chi connectivity index (χ2v) is 8.66. The molecule has 4 rings (SSSR count). The van der Waals surface area contributed by atoms with Crippen LogP contribution in [0.3, 0.4) is 0 Å². The van der Waals surface area contributed by atoms with Gasteiger partial charge in [0.25, 0.3) is 0 Å². The summed E-state index contributed by atoms with van der Waals surface area (Å²) in [6.07, 6.45) is 16.0. The van der Waals surface area contributed by atoms with Crippen LogP contribution in [-0.4, -0.2) is 39.8 Å². The Morgan fingerprint density at radius 3 is 2.81 bits per heavy atom. The van der Waals surface area contributed by atoms with Crippen LogP contribution in [0.1, 0.15) is 24.8 Å². The summed E-state index contributed by atoms with van der Waals surface area (Å²) in [6, 6.07) is 3.64. The van der Waals surface area contributed by atoms with Crippen LogP contribution < -0.4 is 10.7 Å². The van der Waals surface area contributed by atoms with Crippen molar-refractivity contribution >= 4 is 5.84 Å². The molecule has 1 atom stereocenters. The zero-order chi connectivity index (χ0) is 26.1. The number of halogens is 1. The average Bonchev–Trinajstić information content (AvgIpc) is 3.52. The maximum absolute atomic E-state index is 12.2. The van der Waals surface area contributed by atoms with Crippen molar-refractivity contribution in [3.63, 3.8) is 0 Å². The first-order valence-electron chi connectivity index (χ1n) is 11.9. The van der Waals surface area contributed by atoms with Crippen LogP contribution in [-0.2, 0) is 0 Å². The first-order valence-corrected chi connectivity index (χ1v) is 11.9. The van der Waals surface area contributed by atoms with Crippen LogP contribution in [0.2, 0.25) is 0 Å². The van der Waals surface area contributed by atoms with Gasteiger partial charge in [0.2, 0.25) is 5.95 Å². The van der Waals surface area contributed by atoms with Crippen LogP contribution in [0, 0.1) is 12.9 Å². The number of hydrazone groups is 1. The fourth-order valence-electron chi connectivity index (χ4n) is 4.18. The van der Waals surface area contributed by atoms with Gasteiger partial charge in [-0.25, -0.2) is 4.98 Å². The summed E-state index contributed by atoms with van der Waals surface area (Å²) in [7, 11) is 0. The zero-order valence-corrected chi connectivity index (χ0v) is 21.0. The fourth-order valence-corrected chi connectivity index (χ4v) is 4.18. The molecular formula is C29H35FN6. The Bertz CT molecular complexity index is 1140. The van der Waals surface area contributed by atoms with Gasteiger partial charge in [-0.2, -0.15) is 9.49 Å². The first-order chi connectivity index (χ1) is 17.3. The van der Waals surface area contributed by atoms with E-state index in [2.05, 4.69) is 64.7 Å². The normalized spacial score (nSPS) is 18.3. The summed E-state index contributed by atoms with van der Waals surface area (Å²) in [4.78, 5) is 7.74. The first kappa shape index (κ1) is 26.5. The Morgan fingerprint density at radius 1 is 1.33 bits per heavy atom. The highest BCUT2D eigenvalue weighted by Crippen LogP contribution is 2.30. The molecular weight excluding hydrogens is 451 g/mol. The molecule has 3 aliphatic heterocycles. The molecule has 0 spiro atoms. The van der Waals surface area contributed by atoms with Gasteiger partial charge < -0.3 is 10.2 Å². The standard InChI is InChI=1S/C23H29N5.C6H6FN/c1-6-10-20(7-2)16-24-18(4)22-12-9-13-27(22)17(3)15-21-11-8-14-28-19(5)25-26-23(21)28;1-5-3-2-4-8-6(5)7/h6-8,10-11,14,22,24-25H,1-5,9,12-13,15-16H2;2-4H,1H3/b20-10+;. The molecule has 4 heterocycles. The van der Waals surface area contributed by atoms with Gasteiger partial charge >= 0.3 is 0 Å². The third-order valence-electron chi connectivity index (χ3n) is 6.14. The summed E-state index contributed by atoms with van der Waals surface area (Å²) in [6.45, 7) is 23.6. The van der Waals surface area contributed by atoms with Crippen molar-refractivity contribution < 1.29 is 4.39 Å². The minimum Gasteiger partial charge on any atom is -0.383 e. The van der Waals surface area contributed by atoms with E-state index in [1.807, 2.05) is 29.3 Å². The molecule has 6 nitrogen and oxygen atoms in total. The SMILES string of the molecule is C=C/C=C(\C=C)CNC(=C)C1CCCN1C(=C)CC1=CC=CN2C(=C)NN=C12.Cc1cccnc1F. The lowest BCUT2D eigenvalue weighted by Gasteiger charge is -2.31. The molecule has 0 aliphatic carbocycles. The zero-order valence-electron chi connectivity index (χ0n) is 21.0. The van der Waals surface area contributed by atoms with Crippen molar-refractivity contribution in [3.8, 4) is 0 Å². The predicted octanol–water partition coefficient (Wildman–Crippen LogP) is 5.43. The number of aryl methyl sites for hydroxylation is 1. The molecule has 1 unspecified atom stereocenters. The summed E-state index contributed by atoms with van der Waals surface area (Å²) in [5.74, 6) is 1.28. The smallest absolute Gasteiger partial charge is 0.215 e. The van der Waals surface area contributed by atoms with Gasteiger partial charge in [0.15, 0.2) is 5.84 Å². The largest absolute Gasteiger partial charge is 0.383 e. The molecule has 1 saturated heterocycles. The molecule has 2 N–H and O–H groups in total. The summed E-state index contributed by atoms with van der Waals surface area (Å²) < 4.78 is 12.2. The Hall–Kier alpha value is -4.13. The number of hydrogen-bond donors (Lipinski definition) is 2. The maximum Gasteiger partial charge on any atom is 0.215 e. The van der Waals surface area contributed by atoms with E-state index in [-0.39, 0.29) is 12.0 Å². The Morgan fingerprint density at radius 2 is 2.14 bits per heavy atom. The van der Waals surface area contributed by atoms with E-state index >= 15 is 0 Å². The number of amidine groups is 1. The second-order valence-electron chi connectivity index (χ2n) is 8.66. The van der Waals surface area contributed by atoms with E-state index in [1.165, 1.54) is 6.20 Å². The van der Waals surface area contributed by atoms with Gasteiger partial charge in [-0.15, -0.1) is 0 Å². The van der Waals surface area contributed by atoms with E-state index in [9.17, 15) is 4.39 Å². The molecule has 0 bridgehead atoms. The van der Waals surface area contributed by atoms with Crippen LogP contribution >= 0.6 is 0 Å². The van der Waals surface area contributed by atoms with Gasteiger partial charge in [0.1, 0.15) is 5.82 Å². The van der Waals surface area contributed by atoms with Crippen LogP contribution in [0.15, 0.2) is 121 Å². The summed E-state index contributed by atoms with van der Waals surface area (Å²) >= 11 is 0. The Balaban J connectivity index is 0.000000383. The van der Waals surface area contributed by atoms with E-state index in [0.717, 1.165) is 60.0 Å². The summed E-state index contributed by atoms with van der Waals surface area (Å²) in [5, 5.41) is 7.84. The quantitative estimate of drug-likeness (QED) is 0.360. The van der Waals surface area contributed by atoms with E-state index in [0.29, 0.717) is 12.1 Å². The van der Waals surface area contributed by atoms with Gasteiger partial charge in [0.05, 0.1) is 6.04 Å². The van der Waals surface area contributed by atoms with Gasteiger partial charge in [0, 0.05) is 54.4 Å². The number of pyridine rings is 1. The highest BCUT2D eigenvalue weighted by Gasteiger charge is 2.30. The average molecular weight is 487 g/mol. The number of likely N-dealkylation sites (tertiary alicyclic amines) is 1. The number of hydrogen-bond acceptors (Lipinski definition) is 6. The molecule has 7 heteroatoms. The van der Waals surface area contributed by atoms with Crippen molar-refractivity contribution in [3.05, 3.63) is 128 Å². The lowest BCUT2D eigenvalue weighted by Crippen LogP contribution is -2.36. The van der Waals surface area contributed by atoms with Gasteiger partial charge in [-0.1, -0.05) is 63.3 Å². The minimum absolute atomic E-state index is 0.247. The monoisotopic (exact) mass is 486 g/mol. The highest BCUT2D eigenvalue weighted by molar-refractivity contribution is 6.02. The Kier molecular flexibility index (Phi) is 9.22. The molecule has 188 valence electrons. The number of nitrogens with one attached hydrogen (secondary N) is 2. The lowest BCUT2D eigenvalue weighted by molar-refractivity contribution is 0.339. The number of rotatable bonds is 9. The lowest BCUT2D eigenvalue weighted by atomic mass is 10.0. The third-order valence-corrected chi connectivity index (χ3v) is 6.14. The van der Waals surface area contributed by atoms with E-state index in [1.54, 1.807) is 25.1 Å². The van der Waals surface area contributed by atoms with E-state index < -0.39 is 0 Å². The molecule has 0 radical (unpaired) electrons. The maximum atomic E-state index is 12.2. The molecule has 1 aromatic rings. The number of allylic oxidation sites excluding steroid dienone is 5. The molecule has 3 aliphatic rings. The number of nitrogens with zero attached hydrogens (tertiary/aromatic N) is 4. The van der Waals surface area contributed by atoms with Gasteiger partial charge in [-0.05, 0) is 37.5 Å². The highest BCUT2D eigenvalue weighted by atomic mass is 19.1. The topological polar surface area (TPSA) is 55.8 Å². The molecule has 0 aromatic carbocycles. The number of fused-ring (bicyclic) bond motifs is 1. The van der Waals surface area contributed by atoms with Crippen molar-refractivity contribution in [2.45, 2.75) is 32.2 Å². The van der Waals surface area contributed by atoms with E-state index in [4.69, 9.17) is 0 Å². The minimum atomic E-state index is -0.382. The third kappa shape index (κ3) is 6.50. The fraction of sp³-hybridized carbons (Fsp3) is 0.241. The van der Waals surface area contributed by atoms with Gasteiger partial charge in [-0.3, -0.25) is 10.3 Å². The molecule has 0 amide bonds. The predicted molar refractivity (Wildman–Crippen MR) is 147 cm³/mol. The molecule has 1 fully saturated rings. The van der Waals surface area contributed by atoms with Crippen molar-refractivity contribution in [2.75, 3.05) is 13.1 Å². The summed E-state index contributed by atoms with van der Waals surface area (Å²) in [5.41, 5.74) is 7.85. The van der Waals surface area contributed by atoms with Crippen molar-refractivity contribution in [1.82, 2.24) is 25.5 Å². The second kappa shape index (κ2) is 12.5. The van der Waals surface area contributed by atoms with Crippen LogP contribution in [0.25, 0.3) is 0 Å². The molecule has 0 saturated carbocycles. The van der Waals surface area contributed by atoms with Crippen LogP contribution in [0.4, 0.5) is 4.39 Å². The van der Waals surface area contributed by atoms with Crippen molar-refractivity contribution in [2.24, 2.45) is 5.10 Å². The Labute approximate surface area is 214 Å². The molecule has 36 heavy (non-hydrogen) atoms. The van der Waals surface area contributed by atoms with Crippen LogP contribution in [0.5, 0.6) is 0 Å².